The average Bonchev–Trinajstić information content (AvgIpc) is 2.03. The number of rotatable bonds is 1. The summed E-state index contributed by atoms with van der Waals surface area (Å²) in [7, 11) is 0. The molecular formula is C7H5F3NS. The first-order valence-corrected chi connectivity index (χ1v) is 3.98. The number of halogens is 3. The minimum absolute atomic E-state index is 0.614. The van der Waals surface area contributed by atoms with Crippen LogP contribution in [0.25, 0.3) is 0 Å². The van der Waals surface area contributed by atoms with E-state index in [1.807, 2.05) is 0 Å². The van der Waals surface area contributed by atoms with Crippen molar-refractivity contribution in [3.05, 3.63) is 30.3 Å². The number of pyridine rings is 1. The number of alkyl halides is 3. The summed E-state index contributed by atoms with van der Waals surface area (Å²) in [6.45, 7) is 0. The van der Waals surface area contributed by atoms with E-state index in [0.717, 1.165) is 24.0 Å². The lowest BCUT2D eigenvalue weighted by Gasteiger charge is -2.04. The van der Waals surface area contributed by atoms with Crippen LogP contribution >= 0.6 is 11.8 Å². The zero-order chi connectivity index (χ0) is 9.19. The largest absolute Gasteiger partial charge is 0.433 e. The third-order valence-corrected chi connectivity index (χ3v) is 1.77. The van der Waals surface area contributed by atoms with Gasteiger partial charge in [-0.15, -0.1) is 11.8 Å². The van der Waals surface area contributed by atoms with E-state index in [-0.39, 0.29) is 0 Å². The normalized spacial score (nSPS) is 11.7. The van der Waals surface area contributed by atoms with Gasteiger partial charge in [-0.1, -0.05) is 0 Å². The van der Waals surface area contributed by atoms with Crippen LogP contribution in [0, 0.1) is 6.26 Å². The van der Waals surface area contributed by atoms with Gasteiger partial charge >= 0.3 is 6.18 Å². The van der Waals surface area contributed by atoms with Gasteiger partial charge in [-0.3, -0.25) is 4.98 Å². The van der Waals surface area contributed by atoms with Gasteiger partial charge in [0.25, 0.3) is 0 Å². The zero-order valence-corrected chi connectivity index (χ0v) is 6.75. The van der Waals surface area contributed by atoms with Crippen LogP contribution in [0.1, 0.15) is 5.69 Å². The molecule has 1 nitrogen and oxygen atoms in total. The highest BCUT2D eigenvalue weighted by molar-refractivity contribution is 8.00. The van der Waals surface area contributed by atoms with Crippen molar-refractivity contribution >= 4 is 11.8 Å². The maximum absolute atomic E-state index is 11.9. The molecule has 0 aliphatic rings. The van der Waals surface area contributed by atoms with Crippen LogP contribution < -0.4 is 0 Å². The first-order valence-electron chi connectivity index (χ1n) is 2.99. The van der Waals surface area contributed by atoms with Gasteiger partial charge in [0.1, 0.15) is 5.69 Å². The standard InChI is InChI=1S/C7H5F3NS/c1-12-5-2-3-6(11-4-5)7(8,9)10/h2-4H,1H2. The lowest BCUT2D eigenvalue weighted by atomic mass is 10.3. The molecule has 12 heavy (non-hydrogen) atoms. The Kier molecular flexibility index (Phi) is 2.62. The first kappa shape index (κ1) is 9.38. The molecule has 0 unspecified atom stereocenters. The number of thioether (sulfide) groups is 1. The highest BCUT2D eigenvalue weighted by Gasteiger charge is 2.31. The molecule has 0 saturated heterocycles. The fraction of sp³-hybridized carbons (Fsp3) is 0.143. The molecule has 1 rings (SSSR count). The Labute approximate surface area is 72.0 Å². The monoisotopic (exact) mass is 192 g/mol. The van der Waals surface area contributed by atoms with Crippen molar-refractivity contribution in [2.45, 2.75) is 11.1 Å². The quantitative estimate of drug-likeness (QED) is 0.634. The molecular weight excluding hydrogens is 187 g/mol. The summed E-state index contributed by atoms with van der Waals surface area (Å²) in [4.78, 5) is 3.85. The molecule has 1 aromatic rings. The summed E-state index contributed by atoms with van der Waals surface area (Å²) in [6, 6.07) is 2.28. The highest BCUT2D eigenvalue weighted by Crippen LogP contribution is 2.28. The third kappa shape index (κ3) is 2.14. The summed E-state index contributed by atoms with van der Waals surface area (Å²) < 4.78 is 35.8. The Morgan fingerprint density at radius 1 is 1.33 bits per heavy atom. The smallest absolute Gasteiger partial charge is 0.251 e. The van der Waals surface area contributed by atoms with Gasteiger partial charge in [0.2, 0.25) is 0 Å². The second kappa shape index (κ2) is 3.35. The molecule has 0 aliphatic carbocycles. The van der Waals surface area contributed by atoms with Gasteiger partial charge in [-0.25, -0.2) is 0 Å². The van der Waals surface area contributed by atoms with Gasteiger partial charge in [-0.2, -0.15) is 13.2 Å². The van der Waals surface area contributed by atoms with Crippen LogP contribution in [0.5, 0.6) is 0 Å². The number of hydrogen-bond acceptors (Lipinski definition) is 2. The van der Waals surface area contributed by atoms with Crippen molar-refractivity contribution in [3.8, 4) is 0 Å². The van der Waals surface area contributed by atoms with E-state index in [9.17, 15) is 13.2 Å². The Balaban J connectivity index is 2.93. The Bertz CT molecular complexity index is 254. The van der Waals surface area contributed by atoms with Crippen LogP contribution in [-0.4, -0.2) is 4.98 Å². The molecule has 0 aliphatic heterocycles. The molecule has 0 aromatic carbocycles. The summed E-state index contributed by atoms with van der Waals surface area (Å²) in [5.74, 6) is 0. The van der Waals surface area contributed by atoms with E-state index in [0.29, 0.717) is 4.90 Å². The van der Waals surface area contributed by atoms with Crippen LogP contribution in [0.2, 0.25) is 0 Å². The molecule has 1 aromatic heterocycles. The van der Waals surface area contributed by atoms with Crippen molar-refractivity contribution < 1.29 is 13.2 Å². The SMILES string of the molecule is [CH2]Sc1ccc(C(F)(F)F)nc1. The lowest BCUT2D eigenvalue weighted by Crippen LogP contribution is -2.06. The van der Waals surface area contributed by atoms with E-state index in [2.05, 4.69) is 11.2 Å². The molecule has 5 heteroatoms. The molecule has 0 saturated carbocycles. The summed E-state index contributed by atoms with van der Waals surface area (Å²) in [5.41, 5.74) is -0.875. The third-order valence-electron chi connectivity index (χ3n) is 1.19. The van der Waals surface area contributed by atoms with E-state index < -0.39 is 11.9 Å². The summed E-state index contributed by atoms with van der Waals surface area (Å²) in [6.07, 6.45) is 0.240. The number of aromatic nitrogens is 1. The predicted octanol–water partition coefficient (Wildman–Crippen LogP) is 2.98. The van der Waals surface area contributed by atoms with Gasteiger partial charge in [0.05, 0.1) is 0 Å². The van der Waals surface area contributed by atoms with Gasteiger partial charge < -0.3 is 0 Å². The second-order valence-electron chi connectivity index (χ2n) is 2.02. The van der Waals surface area contributed by atoms with Gasteiger partial charge in [-0.05, 0) is 12.1 Å². The fourth-order valence-corrected chi connectivity index (χ4v) is 0.925. The maximum atomic E-state index is 11.9. The van der Waals surface area contributed by atoms with Crippen LogP contribution in [-0.2, 0) is 6.18 Å². The minimum atomic E-state index is -4.36. The van der Waals surface area contributed by atoms with Crippen LogP contribution in [0.4, 0.5) is 13.2 Å². The van der Waals surface area contributed by atoms with Crippen molar-refractivity contribution in [2.75, 3.05) is 0 Å². The first-order chi connectivity index (χ1) is 5.54. The van der Waals surface area contributed by atoms with Gasteiger partial charge in [0.15, 0.2) is 0 Å². The van der Waals surface area contributed by atoms with Crippen molar-refractivity contribution in [2.24, 2.45) is 0 Å². The molecule has 1 heterocycles. The zero-order valence-electron chi connectivity index (χ0n) is 5.93. The number of hydrogen-bond donors (Lipinski definition) is 0. The van der Waals surface area contributed by atoms with Crippen molar-refractivity contribution in [1.29, 1.82) is 0 Å². The van der Waals surface area contributed by atoms with Crippen molar-refractivity contribution in [3.63, 3.8) is 0 Å². The van der Waals surface area contributed by atoms with Crippen LogP contribution in [0.3, 0.4) is 0 Å². The summed E-state index contributed by atoms with van der Waals surface area (Å²) >= 11 is 1.11. The topological polar surface area (TPSA) is 12.9 Å². The van der Waals surface area contributed by atoms with E-state index in [1.54, 1.807) is 0 Å². The maximum Gasteiger partial charge on any atom is 0.433 e. The molecule has 0 amide bonds. The average molecular weight is 192 g/mol. The molecule has 0 spiro atoms. The Morgan fingerprint density at radius 2 is 2.00 bits per heavy atom. The predicted molar refractivity (Wildman–Crippen MR) is 40.5 cm³/mol. The lowest BCUT2D eigenvalue weighted by molar-refractivity contribution is -0.141. The van der Waals surface area contributed by atoms with E-state index in [4.69, 9.17) is 0 Å². The van der Waals surface area contributed by atoms with Crippen LogP contribution in [0.15, 0.2) is 23.2 Å². The molecule has 1 radical (unpaired) electrons. The molecule has 65 valence electrons. The molecule has 0 fully saturated rings. The second-order valence-corrected chi connectivity index (χ2v) is 2.78. The fourth-order valence-electron chi connectivity index (χ4n) is 0.633. The highest BCUT2D eigenvalue weighted by atomic mass is 32.2. The summed E-state index contributed by atoms with van der Waals surface area (Å²) in [5, 5.41) is 0. The Morgan fingerprint density at radius 3 is 2.33 bits per heavy atom. The van der Waals surface area contributed by atoms with E-state index in [1.165, 1.54) is 6.07 Å². The number of nitrogens with zero attached hydrogens (tertiary/aromatic N) is 1. The van der Waals surface area contributed by atoms with E-state index >= 15 is 0 Å². The van der Waals surface area contributed by atoms with Gasteiger partial charge in [0, 0.05) is 17.3 Å². The minimum Gasteiger partial charge on any atom is -0.251 e. The molecule has 0 atom stereocenters. The van der Waals surface area contributed by atoms with Crippen molar-refractivity contribution in [1.82, 2.24) is 4.98 Å². The molecule has 0 bridgehead atoms. The molecule has 0 N–H and O–H groups in total. The Hall–Kier alpha value is -0.710.